The molecule has 4 nitrogen and oxygen atoms in total. The van der Waals surface area contributed by atoms with Gasteiger partial charge in [0.15, 0.2) is 0 Å². The highest BCUT2D eigenvalue weighted by molar-refractivity contribution is 5.82. The van der Waals surface area contributed by atoms with E-state index in [2.05, 4.69) is 77.5 Å². The van der Waals surface area contributed by atoms with Crippen molar-refractivity contribution in [3.05, 3.63) is 65.7 Å². The molecule has 0 radical (unpaired) electrons. The van der Waals surface area contributed by atoms with Gasteiger partial charge < -0.3 is 10.2 Å². The second-order valence-corrected chi connectivity index (χ2v) is 9.61. The van der Waals surface area contributed by atoms with Crippen molar-refractivity contribution in [1.82, 2.24) is 10.2 Å². The summed E-state index contributed by atoms with van der Waals surface area (Å²) in [5.74, 6) is 0.535. The van der Waals surface area contributed by atoms with E-state index in [-0.39, 0.29) is 11.3 Å². The first-order valence-corrected chi connectivity index (χ1v) is 12.5. The first-order chi connectivity index (χ1) is 15.6. The van der Waals surface area contributed by atoms with Crippen LogP contribution in [0, 0.1) is 11.3 Å². The van der Waals surface area contributed by atoms with Crippen molar-refractivity contribution in [3.63, 3.8) is 0 Å². The van der Waals surface area contributed by atoms with Crippen molar-refractivity contribution < 1.29 is 4.79 Å². The van der Waals surface area contributed by atoms with Crippen LogP contribution in [0.5, 0.6) is 0 Å². The second-order valence-electron chi connectivity index (χ2n) is 9.61. The minimum Gasteiger partial charge on any atom is -0.372 e. The number of nitrogens with one attached hydrogen (secondary N) is 1. The summed E-state index contributed by atoms with van der Waals surface area (Å²) >= 11 is 0. The first-order valence-electron chi connectivity index (χ1n) is 12.5. The normalized spacial score (nSPS) is 19.6. The predicted molar refractivity (Wildman–Crippen MR) is 133 cm³/mol. The van der Waals surface area contributed by atoms with E-state index in [0.717, 1.165) is 71.4 Å². The Morgan fingerprint density at radius 3 is 2.34 bits per heavy atom. The number of benzene rings is 2. The predicted octanol–water partition coefficient (Wildman–Crippen LogP) is 4.88. The van der Waals surface area contributed by atoms with Crippen LogP contribution in [0.3, 0.4) is 0 Å². The molecule has 0 bridgehead atoms. The summed E-state index contributed by atoms with van der Waals surface area (Å²) in [5.41, 5.74) is 4.33. The van der Waals surface area contributed by atoms with Crippen LogP contribution >= 0.6 is 0 Å². The van der Waals surface area contributed by atoms with Crippen LogP contribution in [0.15, 0.2) is 54.6 Å². The van der Waals surface area contributed by atoms with Crippen LogP contribution in [0.4, 0.5) is 5.69 Å². The van der Waals surface area contributed by atoms with Crippen LogP contribution in [-0.2, 0) is 17.8 Å². The number of piperidine rings is 1. The third-order valence-corrected chi connectivity index (χ3v) is 7.61. The minimum atomic E-state index is 0.245. The molecule has 4 rings (SSSR count). The Hall–Kier alpha value is -2.33. The number of rotatable bonds is 10. The molecule has 2 aromatic rings. The van der Waals surface area contributed by atoms with Crippen molar-refractivity contribution in [2.24, 2.45) is 11.3 Å². The molecule has 1 heterocycles. The minimum absolute atomic E-state index is 0.245. The average molecular weight is 434 g/mol. The van der Waals surface area contributed by atoms with Gasteiger partial charge in [-0.05, 0) is 87.7 Å². The number of carbonyl (C=O) groups excluding carboxylic acids is 1. The molecule has 2 aliphatic rings. The summed E-state index contributed by atoms with van der Waals surface area (Å²) in [7, 11) is 0. The zero-order valence-corrected chi connectivity index (χ0v) is 19.9. The van der Waals surface area contributed by atoms with E-state index in [1.807, 2.05) is 6.07 Å². The third-order valence-electron chi connectivity index (χ3n) is 7.61. The van der Waals surface area contributed by atoms with Crippen LogP contribution in [-0.4, -0.2) is 43.5 Å². The molecule has 172 valence electrons. The van der Waals surface area contributed by atoms with Crippen LogP contribution in [0.2, 0.25) is 0 Å². The van der Waals surface area contributed by atoms with Crippen molar-refractivity contribution >= 4 is 11.6 Å². The van der Waals surface area contributed by atoms with E-state index in [1.54, 1.807) is 0 Å². The van der Waals surface area contributed by atoms with Gasteiger partial charge in [0.05, 0.1) is 0 Å². The maximum atomic E-state index is 12.7. The lowest BCUT2D eigenvalue weighted by atomic mass is 9.90. The van der Waals surface area contributed by atoms with Gasteiger partial charge in [0.2, 0.25) is 5.91 Å². The number of likely N-dealkylation sites (tertiary alicyclic amines) is 1. The van der Waals surface area contributed by atoms with E-state index < -0.39 is 0 Å². The molecule has 4 heteroatoms. The Balaban J connectivity index is 1.17. The fourth-order valence-electron chi connectivity index (χ4n) is 5.36. The molecule has 0 unspecified atom stereocenters. The number of anilines is 1. The third kappa shape index (κ3) is 5.53. The van der Waals surface area contributed by atoms with Crippen LogP contribution in [0.25, 0.3) is 0 Å². The van der Waals surface area contributed by atoms with E-state index in [1.165, 1.54) is 16.8 Å². The smallest absolute Gasteiger partial charge is 0.223 e. The van der Waals surface area contributed by atoms with Gasteiger partial charge in [-0.3, -0.25) is 9.69 Å². The van der Waals surface area contributed by atoms with Gasteiger partial charge in [-0.25, -0.2) is 0 Å². The van der Waals surface area contributed by atoms with Crippen molar-refractivity contribution in [3.8, 4) is 0 Å². The monoisotopic (exact) mass is 433 g/mol. The zero-order chi connectivity index (χ0) is 22.4. The van der Waals surface area contributed by atoms with Crippen LogP contribution < -0.4 is 10.2 Å². The van der Waals surface area contributed by atoms with E-state index in [0.29, 0.717) is 5.91 Å². The van der Waals surface area contributed by atoms with Crippen LogP contribution in [0.1, 0.15) is 50.7 Å². The summed E-state index contributed by atoms with van der Waals surface area (Å²) in [6.45, 7) is 10.5. The molecule has 1 saturated carbocycles. The van der Waals surface area contributed by atoms with E-state index >= 15 is 0 Å². The lowest BCUT2D eigenvalue weighted by Crippen LogP contribution is -2.37. The molecule has 32 heavy (non-hydrogen) atoms. The summed E-state index contributed by atoms with van der Waals surface area (Å²) in [4.78, 5) is 17.6. The lowest BCUT2D eigenvalue weighted by molar-refractivity contribution is -0.123. The maximum Gasteiger partial charge on any atom is 0.223 e. The molecule has 1 N–H and O–H groups in total. The first kappa shape index (κ1) is 22.8. The Morgan fingerprint density at radius 2 is 1.69 bits per heavy atom. The molecular weight excluding hydrogens is 394 g/mol. The summed E-state index contributed by atoms with van der Waals surface area (Å²) in [5, 5.41) is 3.20. The Bertz CT molecular complexity index is 852. The quantitative estimate of drug-likeness (QED) is 0.542. The molecule has 1 atom stereocenters. The number of amides is 1. The number of aryl methyl sites for hydroxylation is 1. The zero-order valence-electron chi connectivity index (χ0n) is 19.9. The topological polar surface area (TPSA) is 35.6 Å². The van der Waals surface area contributed by atoms with Gasteiger partial charge in [-0.1, -0.05) is 42.5 Å². The number of hydrogen-bond acceptors (Lipinski definition) is 3. The standard InChI is InChI=1S/C28H39N3O/c1-3-31(4-2)25-14-12-24(13-15-25)22-30-19-16-28(17-20-30)21-26(28)27(32)29-18-8-11-23-9-6-5-7-10-23/h5-7,9-10,12-15,26H,3-4,8,11,16-22H2,1-2H3,(H,29,32)/t26-/m0/s1. The molecule has 1 saturated heterocycles. The largest absolute Gasteiger partial charge is 0.372 e. The highest BCUT2D eigenvalue weighted by atomic mass is 16.2. The fourth-order valence-corrected chi connectivity index (χ4v) is 5.36. The number of hydrogen-bond donors (Lipinski definition) is 1. The van der Waals surface area contributed by atoms with Gasteiger partial charge in [0, 0.05) is 37.8 Å². The molecule has 2 aromatic carbocycles. The highest BCUT2D eigenvalue weighted by Crippen LogP contribution is 2.59. The van der Waals surface area contributed by atoms with Gasteiger partial charge in [0.25, 0.3) is 0 Å². The summed E-state index contributed by atoms with van der Waals surface area (Å²) in [6.07, 6.45) is 5.45. The second kappa shape index (κ2) is 10.5. The number of carbonyl (C=O) groups is 1. The Kier molecular flexibility index (Phi) is 7.51. The summed E-state index contributed by atoms with van der Waals surface area (Å²) in [6, 6.07) is 19.6. The van der Waals surface area contributed by atoms with Gasteiger partial charge in [0.1, 0.15) is 0 Å². The molecule has 1 aliphatic heterocycles. The van der Waals surface area contributed by atoms with Gasteiger partial charge in [-0.15, -0.1) is 0 Å². The Morgan fingerprint density at radius 1 is 1.00 bits per heavy atom. The SMILES string of the molecule is CCN(CC)c1ccc(CN2CCC3(CC2)C[C@H]3C(=O)NCCCc2ccccc2)cc1. The van der Waals surface area contributed by atoms with E-state index in [9.17, 15) is 4.79 Å². The Labute approximate surface area is 194 Å². The molecule has 1 amide bonds. The molecule has 1 spiro atoms. The van der Waals surface area contributed by atoms with E-state index in [4.69, 9.17) is 0 Å². The number of nitrogens with zero attached hydrogens (tertiary/aromatic N) is 2. The maximum absolute atomic E-state index is 12.7. The molecule has 1 aliphatic carbocycles. The van der Waals surface area contributed by atoms with Crippen molar-refractivity contribution in [1.29, 1.82) is 0 Å². The lowest BCUT2D eigenvalue weighted by Gasteiger charge is -2.33. The summed E-state index contributed by atoms with van der Waals surface area (Å²) < 4.78 is 0. The van der Waals surface area contributed by atoms with Crippen molar-refractivity contribution in [2.75, 3.05) is 37.6 Å². The van der Waals surface area contributed by atoms with Gasteiger partial charge >= 0.3 is 0 Å². The van der Waals surface area contributed by atoms with Crippen molar-refractivity contribution in [2.45, 2.75) is 52.5 Å². The molecular formula is C28H39N3O. The fraction of sp³-hybridized carbons (Fsp3) is 0.536. The highest BCUT2D eigenvalue weighted by Gasteiger charge is 2.58. The average Bonchev–Trinajstić information content (AvgIpc) is 3.54. The molecule has 0 aromatic heterocycles. The molecule has 2 fully saturated rings. The van der Waals surface area contributed by atoms with Gasteiger partial charge in [-0.2, -0.15) is 0 Å².